The smallest absolute Gasteiger partial charge is 0.0419 e. The lowest BCUT2D eigenvalue weighted by Gasteiger charge is -2.34. The van der Waals surface area contributed by atoms with Gasteiger partial charge >= 0.3 is 0 Å². The fourth-order valence-corrected chi connectivity index (χ4v) is 3.77. The van der Waals surface area contributed by atoms with Crippen molar-refractivity contribution in [3.05, 3.63) is 30.1 Å². The van der Waals surface area contributed by atoms with Crippen molar-refractivity contribution >= 4 is 0 Å². The van der Waals surface area contributed by atoms with E-state index in [1.54, 1.807) is 0 Å². The standard InChI is InChI=1S/C19H32N2/c1-3-7-16-9-11-17(12-10-16)19(21-13-4-2)15-18-8-5-6-14-20-18/h5-6,8,14,16-17,19,21H,3-4,7,9-13,15H2,1-2H3. The Balaban J connectivity index is 1.90. The third-order valence-corrected chi connectivity index (χ3v) is 4.97. The summed E-state index contributed by atoms with van der Waals surface area (Å²) in [5.41, 5.74) is 1.24. The fraction of sp³-hybridized carbons (Fsp3) is 0.737. The average Bonchev–Trinajstić information content (AvgIpc) is 2.53. The van der Waals surface area contributed by atoms with E-state index >= 15 is 0 Å². The molecule has 0 saturated heterocycles. The predicted molar refractivity (Wildman–Crippen MR) is 90.4 cm³/mol. The Morgan fingerprint density at radius 1 is 1.14 bits per heavy atom. The maximum absolute atomic E-state index is 4.53. The van der Waals surface area contributed by atoms with Gasteiger partial charge < -0.3 is 5.32 Å². The van der Waals surface area contributed by atoms with Gasteiger partial charge in [0.15, 0.2) is 0 Å². The van der Waals surface area contributed by atoms with Crippen LogP contribution in [-0.4, -0.2) is 17.6 Å². The molecule has 1 N–H and O–H groups in total. The summed E-state index contributed by atoms with van der Waals surface area (Å²) in [6.07, 6.45) is 12.7. The molecule has 0 radical (unpaired) electrons. The van der Waals surface area contributed by atoms with E-state index in [1.807, 2.05) is 12.3 Å². The summed E-state index contributed by atoms with van der Waals surface area (Å²) >= 11 is 0. The maximum atomic E-state index is 4.53. The van der Waals surface area contributed by atoms with Crippen LogP contribution in [0, 0.1) is 11.8 Å². The van der Waals surface area contributed by atoms with Gasteiger partial charge in [0, 0.05) is 24.4 Å². The second kappa shape index (κ2) is 9.19. The Hall–Kier alpha value is -0.890. The van der Waals surface area contributed by atoms with Crippen LogP contribution in [0.4, 0.5) is 0 Å². The first-order valence-electron chi connectivity index (χ1n) is 8.96. The molecule has 1 saturated carbocycles. The van der Waals surface area contributed by atoms with Crippen molar-refractivity contribution in [3.8, 4) is 0 Å². The topological polar surface area (TPSA) is 24.9 Å². The van der Waals surface area contributed by atoms with Crippen LogP contribution in [0.15, 0.2) is 24.4 Å². The number of hydrogen-bond donors (Lipinski definition) is 1. The van der Waals surface area contributed by atoms with Crippen LogP contribution in [0.3, 0.4) is 0 Å². The minimum Gasteiger partial charge on any atom is -0.313 e. The van der Waals surface area contributed by atoms with Crippen LogP contribution in [0.5, 0.6) is 0 Å². The minimum atomic E-state index is 0.613. The molecule has 1 unspecified atom stereocenters. The summed E-state index contributed by atoms with van der Waals surface area (Å²) in [7, 11) is 0. The summed E-state index contributed by atoms with van der Waals surface area (Å²) in [5.74, 6) is 1.83. The lowest BCUT2D eigenvalue weighted by molar-refractivity contribution is 0.212. The molecule has 0 aliphatic heterocycles. The normalized spacial score (nSPS) is 23.9. The molecule has 1 fully saturated rings. The quantitative estimate of drug-likeness (QED) is 0.756. The first-order valence-corrected chi connectivity index (χ1v) is 8.96. The van der Waals surface area contributed by atoms with Crippen molar-refractivity contribution in [3.63, 3.8) is 0 Å². The van der Waals surface area contributed by atoms with E-state index in [4.69, 9.17) is 0 Å². The van der Waals surface area contributed by atoms with E-state index in [-0.39, 0.29) is 0 Å². The predicted octanol–water partition coefficient (Wildman–Crippen LogP) is 4.60. The second-order valence-electron chi connectivity index (χ2n) is 6.66. The average molecular weight is 288 g/mol. The Bertz CT molecular complexity index is 368. The van der Waals surface area contributed by atoms with Gasteiger partial charge in [0.05, 0.1) is 0 Å². The van der Waals surface area contributed by atoms with Crippen LogP contribution < -0.4 is 5.32 Å². The van der Waals surface area contributed by atoms with E-state index in [0.29, 0.717) is 6.04 Å². The number of aromatic nitrogens is 1. The molecule has 0 aromatic carbocycles. The molecular weight excluding hydrogens is 256 g/mol. The number of rotatable bonds is 8. The fourth-order valence-electron chi connectivity index (χ4n) is 3.77. The monoisotopic (exact) mass is 288 g/mol. The molecule has 1 aliphatic rings. The number of hydrogen-bond acceptors (Lipinski definition) is 2. The van der Waals surface area contributed by atoms with E-state index in [9.17, 15) is 0 Å². The molecule has 1 atom stereocenters. The summed E-state index contributed by atoms with van der Waals surface area (Å²) < 4.78 is 0. The van der Waals surface area contributed by atoms with Gasteiger partial charge in [0.2, 0.25) is 0 Å². The number of nitrogens with zero attached hydrogens (tertiary/aromatic N) is 1. The van der Waals surface area contributed by atoms with Crippen molar-refractivity contribution < 1.29 is 0 Å². The minimum absolute atomic E-state index is 0.613. The Morgan fingerprint density at radius 3 is 2.57 bits per heavy atom. The number of pyridine rings is 1. The van der Waals surface area contributed by atoms with Crippen LogP contribution in [-0.2, 0) is 6.42 Å². The van der Waals surface area contributed by atoms with E-state index in [2.05, 4.69) is 36.3 Å². The summed E-state index contributed by atoms with van der Waals surface area (Å²) in [6.45, 7) is 5.70. The van der Waals surface area contributed by atoms with Gasteiger partial charge in [0.1, 0.15) is 0 Å². The van der Waals surface area contributed by atoms with E-state index in [1.165, 1.54) is 50.6 Å². The van der Waals surface area contributed by atoms with Crippen LogP contribution >= 0.6 is 0 Å². The second-order valence-corrected chi connectivity index (χ2v) is 6.66. The van der Waals surface area contributed by atoms with Crippen molar-refractivity contribution in [2.24, 2.45) is 11.8 Å². The third-order valence-electron chi connectivity index (χ3n) is 4.97. The molecule has 0 amide bonds. The molecule has 21 heavy (non-hydrogen) atoms. The lowest BCUT2D eigenvalue weighted by atomic mass is 9.76. The molecular formula is C19H32N2. The summed E-state index contributed by atoms with van der Waals surface area (Å²) in [5, 5.41) is 3.79. The Morgan fingerprint density at radius 2 is 1.95 bits per heavy atom. The van der Waals surface area contributed by atoms with Crippen LogP contribution in [0.2, 0.25) is 0 Å². The molecule has 0 spiro atoms. The highest BCUT2D eigenvalue weighted by molar-refractivity contribution is 5.06. The SMILES string of the molecule is CCCNC(Cc1ccccn1)C1CCC(CCC)CC1. The van der Waals surface area contributed by atoms with Crippen LogP contribution in [0.1, 0.15) is 64.5 Å². The third kappa shape index (κ3) is 5.43. The van der Waals surface area contributed by atoms with Gasteiger partial charge in [0.25, 0.3) is 0 Å². The largest absolute Gasteiger partial charge is 0.313 e. The zero-order valence-electron chi connectivity index (χ0n) is 13.9. The highest BCUT2D eigenvalue weighted by Crippen LogP contribution is 2.34. The zero-order chi connectivity index (χ0) is 14.9. The Kier molecular flexibility index (Phi) is 7.21. The summed E-state index contributed by atoms with van der Waals surface area (Å²) in [6, 6.07) is 6.90. The van der Waals surface area contributed by atoms with Crippen molar-refractivity contribution in [1.82, 2.24) is 10.3 Å². The van der Waals surface area contributed by atoms with Gasteiger partial charge in [-0.2, -0.15) is 0 Å². The molecule has 2 nitrogen and oxygen atoms in total. The molecule has 1 aliphatic carbocycles. The lowest BCUT2D eigenvalue weighted by Crippen LogP contribution is -2.40. The van der Waals surface area contributed by atoms with Gasteiger partial charge in [-0.1, -0.05) is 45.6 Å². The molecule has 2 rings (SSSR count). The molecule has 118 valence electrons. The van der Waals surface area contributed by atoms with Crippen molar-refractivity contribution in [2.45, 2.75) is 71.3 Å². The molecule has 1 heterocycles. The van der Waals surface area contributed by atoms with E-state index < -0.39 is 0 Å². The molecule has 2 heteroatoms. The highest BCUT2D eigenvalue weighted by Gasteiger charge is 2.27. The molecule has 1 aromatic heterocycles. The zero-order valence-corrected chi connectivity index (χ0v) is 13.9. The van der Waals surface area contributed by atoms with Gasteiger partial charge in [-0.05, 0) is 49.8 Å². The Labute approximate surface area is 130 Å². The van der Waals surface area contributed by atoms with Crippen molar-refractivity contribution in [1.29, 1.82) is 0 Å². The summed E-state index contributed by atoms with van der Waals surface area (Å²) in [4.78, 5) is 4.53. The van der Waals surface area contributed by atoms with Crippen LogP contribution in [0.25, 0.3) is 0 Å². The first kappa shape index (κ1) is 16.5. The molecule has 1 aromatic rings. The van der Waals surface area contributed by atoms with Gasteiger partial charge in [-0.25, -0.2) is 0 Å². The first-order chi connectivity index (χ1) is 10.3. The van der Waals surface area contributed by atoms with E-state index in [0.717, 1.165) is 24.8 Å². The molecule has 0 bridgehead atoms. The van der Waals surface area contributed by atoms with Gasteiger partial charge in [-0.15, -0.1) is 0 Å². The maximum Gasteiger partial charge on any atom is 0.0419 e. The van der Waals surface area contributed by atoms with Crippen molar-refractivity contribution in [2.75, 3.05) is 6.54 Å². The number of nitrogens with one attached hydrogen (secondary N) is 1. The highest BCUT2D eigenvalue weighted by atomic mass is 14.9. The van der Waals surface area contributed by atoms with Gasteiger partial charge in [-0.3, -0.25) is 4.98 Å².